The third-order valence-corrected chi connectivity index (χ3v) is 4.85. The summed E-state index contributed by atoms with van der Waals surface area (Å²) in [5, 5.41) is -0.133. The molecule has 0 aliphatic rings. The van der Waals surface area contributed by atoms with Gasteiger partial charge in [0.25, 0.3) is 10.0 Å². The van der Waals surface area contributed by atoms with Crippen molar-refractivity contribution in [2.45, 2.75) is 4.90 Å². The molecule has 2 aromatic rings. The van der Waals surface area contributed by atoms with Gasteiger partial charge in [0.2, 0.25) is 0 Å². The fraction of sp³-hybridized carbons (Fsp3) is 0. The van der Waals surface area contributed by atoms with Gasteiger partial charge < -0.3 is 5.73 Å². The number of nitrogen functional groups attached to an aromatic ring is 1. The SMILES string of the molecule is Nc1cc(F)ccc1S(=O)(=O)Nc1c(Cl)cc(F)cc1Br. The van der Waals surface area contributed by atoms with E-state index in [1.165, 1.54) is 0 Å². The maximum atomic E-state index is 13.1. The molecule has 0 bridgehead atoms. The highest BCUT2D eigenvalue weighted by molar-refractivity contribution is 9.10. The largest absolute Gasteiger partial charge is 0.398 e. The molecule has 0 aromatic heterocycles. The Balaban J connectivity index is 2.47. The normalized spacial score (nSPS) is 11.4. The molecule has 0 radical (unpaired) electrons. The second-order valence-corrected chi connectivity index (χ2v) is 6.94. The van der Waals surface area contributed by atoms with Crippen molar-refractivity contribution in [1.29, 1.82) is 0 Å². The van der Waals surface area contributed by atoms with Crippen LogP contribution < -0.4 is 10.5 Å². The summed E-state index contributed by atoms with van der Waals surface area (Å²) in [6.07, 6.45) is 0. The Hall–Kier alpha value is -1.38. The molecular formula is C12H8BrClF2N2O2S. The second-order valence-electron chi connectivity index (χ2n) is 4.03. The van der Waals surface area contributed by atoms with E-state index in [2.05, 4.69) is 20.7 Å². The zero-order valence-electron chi connectivity index (χ0n) is 10.2. The van der Waals surface area contributed by atoms with Crippen LogP contribution >= 0.6 is 27.5 Å². The average Bonchev–Trinajstić information content (AvgIpc) is 2.33. The Morgan fingerprint density at radius 2 is 1.81 bits per heavy atom. The van der Waals surface area contributed by atoms with Crippen molar-refractivity contribution in [2.75, 3.05) is 10.5 Å². The topological polar surface area (TPSA) is 72.2 Å². The predicted octanol–water partition coefficient (Wildman–Crippen LogP) is 3.76. The molecule has 0 fully saturated rings. The molecule has 3 N–H and O–H groups in total. The van der Waals surface area contributed by atoms with Gasteiger partial charge in [-0.15, -0.1) is 0 Å². The third kappa shape index (κ3) is 3.45. The molecule has 0 atom stereocenters. The van der Waals surface area contributed by atoms with Gasteiger partial charge in [0, 0.05) is 4.47 Å². The quantitative estimate of drug-likeness (QED) is 0.775. The highest BCUT2D eigenvalue weighted by Gasteiger charge is 2.21. The molecule has 2 rings (SSSR count). The molecule has 0 amide bonds. The van der Waals surface area contributed by atoms with Crippen LogP contribution in [0.3, 0.4) is 0 Å². The molecule has 0 spiro atoms. The number of nitrogens with one attached hydrogen (secondary N) is 1. The van der Waals surface area contributed by atoms with Crippen molar-refractivity contribution >= 4 is 48.9 Å². The Bertz CT molecular complexity index is 792. The lowest BCUT2D eigenvalue weighted by molar-refractivity contribution is 0.600. The summed E-state index contributed by atoms with van der Waals surface area (Å²) >= 11 is 8.82. The fourth-order valence-corrected chi connectivity index (χ4v) is 3.89. The van der Waals surface area contributed by atoms with Crippen molar-refractivity contribution in [2.24, 2.45) is 0 Å². The predicted molar refractivity (Wildman–Crippen MR) is 80.7 cm³/mol. The number of rotatable bonds is 3. The first-order chi connectivity index (χ1) is 9.70. The lowest BCUT2D eigenvalue weighted by atomic mass is 10.3. The molecule has 9 heteroatoms. The number of nitrogens with two attached hydrogens (primary N) is 1. The van der Waals surface area contributed by atoms with Gasteiger partial charge in [-0.25, -0.2) is 17.2 Å². The summed E-state index contributed by atoms with van der Waals surface area (Å²) in [6.45, 7) is 0. The number of hydrogen-bond donors (Lipinski definition) is 2. The Morgan fingerprint density at radius 3 is 2.38 bits per heavy atom. The van der Waals surface area contributed by atoms with Crippen LogP contribution in [0.4, 0.5) is 20.2 Å². The number of hydrogen-bond acceptors (Lipinski definition) is 3. The Kier molecular flexibility index (Phi) is 4.40. The van der Waals surface area contributed by atoms with Gasteiger partial charge in [0.1, 0.15) is 16.5 Å². The molecule has 0 saturated carbocycles. The van der Waals surface area contributed by atoms with Crippen molar-refractivity contribution < 1.29 is 17.2 Å². The van der Waals surface area contributed by atoms with Gasteiger partial charge in [-0.2, -0.15) is 0 Å². The summed E-state index contributed by atoms with van der Waals surface area (Å²) in [7, 11) is -4.10. The summed E-state index contributed by atoms with van der Waals surface area (Å²) in [4.78, 5) is -0.309. The van der Waals surface area contributed by atoms with Crippen LogP contribution in [0.25, 0.3) is 0 Å². The summed E-state index contributed by atoms with van der Waals surface area (Å²) in [5.74, 6) is -1.29. The van der Waals surface area contributed by atoms with Crippen LogP contribution in [0, 0.1) is 11.6 Å². The average molecular weight is 398 g/mol. The van der Waals surface area contributed by atoms with Gasteiger partial charge in [0.05, 0.1) is 16.4 Å². The van der Waals surface area contributed by atoms with Gasteiger partial charge >= 0.3 is 0 Å². The molecular weight excluding hydrogens is 390 g/mol. The van der Waals surface area contributed by atoms with E-state index in [9.17, 15) is 17.2 Å². The van der Waals surface area contributed by atoms with E-state index in [1.54, 1.807) is 0 Å². The minimum Gasteiger partial charge on any atom is -0.398 e. The van der Waals surface area contributed by atoms with Crippen LogP contribution in [-0.2, 0) is 10.0 Å². The minimum absolute atomic E-state index is 0.0400. The van der Waals surface area contributed by atoms with Crippen molar-refractivity contribution in [1.82, 2.24) is 0 Å². The van der Waals surface area contributed by atoms with E-state index in [1.807, 2.05) is 0 Å². The molecule has 0 saturated heterocycles. The van der Waals surface area contributed by atoms with E-state index in [0.717, 1.165) is 30.3 Å². The van der Waals surface area contributed by atoms with Crippen LogP contribution in [0.1, 0.15) is 0 Å². The van der Waals surface area contributed by atoms with E-state index >= 15 is 0 Å². The standard InChI is InChI=1S/C12H8BrClF2N2O2S/c13-8-3-7(16)4-9(14)12(8)18-21(19,20)11-2-1-6(15)5-10(11)17/h1-5,18H,17H2. The van der Waals surface area contributed by atoms with E-state index in [-0.39, 0.29) is 25.8 Å². The zero-order valence-corrected chi connectivity index (χ0v) is 13.4. The fourth-order valence-electron chi connectivity index (χ4n) is 1.59. The highest BCUT2D eigenvalue weighted by Crippen LogP contribution is 2.34. The number of anilines is 2. The second kappa shape index (κ2) is 5.78. The monoisotopic (exact) mass is 396 g/mol. The maximum absolute atomic E-state index is 13.1. The van der Waals surface area contributed by atoms with Crippen LogP contribution in [-0.4, -0.2) is 8.42 Å². The summed E-state index contributed by atoms with van der Waals surface area (Å²) < 4.78 is 52.9. The van der Waals surface area contributed by atoms with E-state index in [4.69, 9.17) is 17.3 Å². The molecule has 4 nitrogen and oxygen atoms in total. The van der Waals surface area contributed by atoms with E-state index in [0.29, 0.717) is 0 Å². The van der Waals surface area contributed by atoms with Gasteiger partial charge in [0.15, 0.2) is 0 Å². The van der Waals surface area contributed by atoms with Gasteiger partial charge in [-0.05, 0) is 46.3 Å². The smallest absolute Gasteiger partial charge is 0.264 e. The lowest BCUT2D eigenvalue weighted by Crippen LogP contribution is -2.15. The molecule has 0 aliphatic heterocycles. The van der Waals surface area contributed by atoms with Crippen LogP contribution in [0.15, 0.2) is 39.7 Å². The maximum Gasteiger partial charge on any atom is 0.264 e. The number of halogens is 4. The molecule has 2 aromatic carbocycles. The van der Waals surface area contributed by atoms with E-state index < -0.39 is 21.7 Å². The zero-order chi connectivity index (χ0) is 15.8. The summed E-state index contributed by atoms with van der Waals surface area (Å²) in [6, 6.07) is 4.89. The first-order valence-corrected chi connectivity index (χ1v) is 8.08. The van der Waals surface area contributed by atoms with Crippen molar-refractivity contribution in [3.8, 4) is 0 Å². The molecule has 112 valence electrons. The minimum atomic E-state index is -4.10. The first-order valence-electron chi connectivity index (χ1n) is 5.43. The number of sulfonamides is 1. The molecule has 21 heavy (non-hydrogen) atoms. The Morgan fingerprint density at radius 1 is 1.14 bits per heavy atom. The molecule has 0 unspecified atom stereocenters. The van der Waals surface area contributed by atoms with Crippen LogP contribution in [0.5, 0.6) is 0 Å². The van der Waals surface area contributed by atoms with Gasteiger partial charge in [-0.1, -0.05) is 11.6 Å². The highest BCUT2D eigenvalue weighted by atomic mass is 79.9. The summed E-state index contributed by atoms with van der Waals surface area (Å²) in [5.41, 5.74) is 5.20. The molecule has 0 aliphatic carbocycles. The molecule has 0 heterocycles. The van der Waals surface area contributed by atoms with Gasteiger partial charge in [-0.3, -0.25) is 4.72 Å². The Labute approximate surface area is 133 Å². The van der Waals surface area contributed by atoms with Crippen molar-refractivity contribution in [3.05, 3.63) is 51.5 Å². The first kappa shape index (κ1) is 16.0. The third-order valence-electron chi connectivity index (χ3n) is 2.50. The van der Waals surface area contributed by atoms with Crippen LogP contribution in [0.2, 0.25) is 5.02 Å². The number of benzene rings is 2. The lowest BCUT2D eigenvalue weighted by Gasteiger charge is -2.13. The van der Waals surface area contributed by atoms with Crippen molar-refractivity contribution in [3.63, 3.8) is 0 Å².